The van der Waals surface area contributed by atoms with Gasteiger partial charge in [0.1, 0.15) is 0 Å². The van der Waals surface area contributed by atoms with E-state index < -0.39 is 0 Å². The van der Waals surface area contributed by atoms with Gasteiger partial charge in [0.05, 0.1) is 0 Å². The van der Waals surface area contributed by atoms with Gasteiger partial charge in [0, 0.05) is 6.04 Å². The Kier molecular flexibility index (Phi) is 1.48. The summed E-state index contributed by atoms with van der Waals surface area (Å²) < 4.78 is 0. The van der Waals surface area contributed by atoms with Crippen molar-refractivity contribution >= 4 is 0 Å². The molecular weight excluding hydrogens is 122 g/mol. The van der Waals surface area contributed by atoms with Gasteiger partial charge in [0.25, 0.3) is 0 Å². The van der Waals surface area contributed by atoms with E-state index in [1.54, 1.807) is 0 Å². The molecule has 10 heavy (non-hydrogen) atoms. The van der Waals surface area contributed by atoms with Crippen molar-refractivity contribution in [3.8, 4) is 0 Å². The summed E-state index contributed by atoms with van der Waals surface area (Å²) in [4.78, 5) is 0. The molecule has 0 bridgehead atoms. The maximum Gasteiger partial charge on any atom is 0.0121 e. The van der Waals surface area contributed by atoms with E-state index in [0.717, 1.165) is 6.04 Å². The van der Waals surface area contributed by atoms with E-state index in [2.05, 4.69) is 12.2 Å². The van der Waals surface area contributed by atoms with Crippen LogP contribution < -0.4 is 5.32 Å². The molecule has 2 rings (SSSR count). The molecule has 1 heterocycles. The van der Waals surface area contributed by atoms with Crippen LogP contribution in [0.15, 0.2) is 0 Å². The first-order chi connectivity index (χ1) is 4.81. The fourth-order valence-corrected chi connectivity index (χ4v) is 2.58. The third-order valence-corrected chi connectivity index (χ3v) is 3.42. The summed E-state index contributed by atoms with van der Waals surface area (Å²) in [7, 11) is 0. The maximum absolute atomic E-state index is 3.60. The first kappa shape index (κ1) is 6.66. The van der Waals surface area contributed by atoms with E-state index in [1.165, 1.54) is 38.6 Å². The Hall–Kier alpha value is -0.0400. The molecule has 0 aromatic rings. The van der Waals surface area contributed by atoms with Crippen LogP contribution in [0.5, 0.6) is 0 Å². The lowest BCUT2D eigenvalue weighted by molar-refractivity contribution is 0.197. The maximum atomic E-state index is 3.60. The van der Waals surface area contributed by atoms with Crippen LogP contribution in [0.2, 0.25) is 0 Å². The van der Waals surface area contributed by atoms with Gasteiger partial charge in [-0.1, -0.05) is 19.8 Å². The summed E-state index contributed by atoms with van der Waals surface area (Å²) in [6, 6.07) is 0.862. The normalized spacial score (nSPS) is 47.1. The molecule has 2 unspecified atom stereocenters. The summed E-state index contributed by atoms with van der Waals surface area (Å²) in [5.41, 5.74) is 0.679. The second-order valence-corrected chi connectivity index (χ2v) is 4.16. The highest BCUT2D eigenvalue weighted by Gasteiger charge is 2.39. The van der Waals surface area contributed by atoms with E-state index in [4.69, 9.17) is 0 Å². The van der Waals surface area contributed by atoms with Gasteiger partial charge in [-0.3, -0.25) is 0 Å². The zero-order chi connectivity index (χ0) is 7.03. The van der Waals surface area contributed by atoms with E-state index in [-0.39, 0.29) is 0 Å². The van der Waals surface area contributed by atoms with E-state index in [9.17, 15) is 0 Å². The van der Waals surface area contributed by atoms with E-state index in [1.807, 2.05) is 0 Å². The highest BCUT2D eigenvalue weighted by Crippen LogP contribution is 2.41. The summed E-state index contributed by atoms with van der Waals surface area (Å²) in [6.07, 6.45) is 7.22. The van der Waals surface area contributed by atoms with Crippen LogP contribution in [0.3, 0.4) is 0 Å². The Bertz CT molecular complexity index is 133. The first-order valence-electron chi connectivity index (χ1n) is 4.55. The molecule has 0 amide bonds. The van der Waals surface area contributed by atoms with Crippen molar-refractivity contribution < 1.29 is 0 Å². The molecule has 1 heteroatoms. The lowest BCUT2D eigenvalue weighted by Gasteiger charge is -2.35. The van der Waals surface area contributed by atoms with Crippen LogP contribution in [-0.4, -0.2) is 12.6 Å². The number of hydrogen-bond acceptors (Lipinski definition) is 1. The molecule has 0 spiro atoms. The average molecular weight is 139 g/mol. The zero-order valence-electron chi connectivity index (χ0n) is 6.82. The van der Waals surface area contributed by atoms with Crippen LogP contribution in [-0.2, 0) is 0 Å². The molecule has 1 saturated heterocycles. The van der Waals surface area contributed by atoms with Gasteiger partial charge >= 0.3 is 0 Å². The van der Waals surface area contributed by atoms with Gasteiger partial charge in [-0.25, -0.2) is 0 Å². The third kappa shape index (κ3) is 0.878. The van der Waals surface area contributed by atoms with Gasteiger partial charge < -0.3 is 5.32 Å². The molecule has 58 valence electrons. The third-order valence-electron chi connectivity index (χ3n) is 3.42. The van der Waals surface area contributed by atoms with Gasteiger partial charge in [-0.2, -0.15) is 0 Å². The molecular formula is C9H17N. The molecule has 2 atom stereocenters. The fraction of sp³-hybridized carbons (Fsp3) is 1.00. The number of nitrogens with one attached hydrogen (secondary N) is 1. The van der Waals surface area contributed by atoms with Gasteiger partial charge in [0.15, 0.2) is 0 Å². The van der Waals surface area contributed by atoms with Gasteiger partial charge in [-0.05, 0) is 31.2 Å². The van der Waals surface area contributed by atoms with Crippen molar-refractivity contribution in [2.45, 2.75) is 45.1 Å². The van der Waals surface area contributed by atoms with Crippen molar-refractivity contribution in [3.63, 3.8) is 0 Å². The predicted molar refractivity (Wildman–Crippen MR) is 43.0 cm³/mol. The molecule has 2 fully saturated rings. The van der Waals surface area contributed by atoms with Crippen molar-refractivity contribution in [1.82, 2.24) is 5.32 Å². The largest absolute Gasteiger partial charge is 0.313 e. The van der Waals surface area contributed by atoms with Crippen molar-refractivity contribution in [2.24, 2.45) is 5.41 Å². The Balaban J connectivity index is 2.10. The lowest BCUT2D eigenvalue weighted by atomic mass is 9.72. The Morgan fingerprint density at radius 3 is 3.00 bits per heavy atom. The first-order valence-corrected chi connectivity index (χ1v) is 4.55. The van der Waals surface area contributed by atoms with Crippen LogP contribution >= 0.6 is 0 Å². The predicted octanol–water partition coefficient (Wildman–Crippen LogP) is 1.93. The number of hydrogen-bond donors (Lipinski definition) is 1. The van der Waals surface area contributed by atoms with E-state index in [0.29, 0.717) is 5.41 Å². The summed E-state index contributed by atoms with van der Waals surface area (Å²) >= 11 is 0. The second-order valence-electron chi connectivity index (χ2n) is 4.16. The van der Waals surface area contributed by atoms with Crippen LogP contribution in [0, 0.1) is 5.41 Å². The molecule has 0 aromatic carbocycles. The minimum absolute atomic E-state index is 0.679. The fourth-order valence-electron chi connectivity index (χ4n) is 2.58. The molecule has 1 aliphatic carbocycles. The Morgan fingerprint density at radius 2 is 2.20 bits per heavy atom. The van der Waals surface area contributed by atoms with Crippen molar-refractivity contribution in [2.75, 3.05) is 6.54 Å². The second kappa shape index (κ2) is 2.23. The number of fused-ring (bicyclic) bond motifs is 1. The Labute approximate surface area is 63.2 Å². The molecule has 1 saturated carbocycles. The van der Waals surface area contributed by atoms with Gasteiger partial charge in [0.2, 0.25) is 0 Å². The van der Waals surface area contributed by atoms with Gasteiger partial charge in [-0.15, -0.1) is 0 Å². The molecule has 2 aliphatic rings. The Morgan fingerprint density at radius 1 is 1.30 bits per heavy atom. The lowest BCUT2D eigenvalue weighted by Crippen LogP contribution is -2.37. The molecule has 0 aromatic heterocycles. The smallest absolute Gasteiger partial charge is 0.0121 e. The van der Waals surface area contributed by atoms with E-state index >= 15 is 0 Å². The monoisotopic (exact) mass is 139 g/mol. The molecule has 0 radical (unpaired) electrons. The summed E-state index contributed by atoms with van der Waals surface area (Å²) in [6.45, 7) is 3.72. The van der Waals surface area contributed by atoms with Crippen molar-refractivity contribution in [3.05, 3.63) is 0 Å². The highest BCUT2D eigenvalue weighted by molar-refractivity contribution is 4.96. The molecule has 1 aliphatic heterocycles. The summed E-state index contributed by atoms with van der Waals surface area (Å²) in [5.74, 6) is 0. The minimum atomic E-state index is 0.679. The topological polar surface area (TPSA) is 12.0 Å². The minimum Gasteiger partial charge on any atom is -0.313 e. The van der Waals surface area contributed by atoms with Crippen molar-refractivity contribution in [1.29, 1.82) is 0 Å². The molecule has 1 N–H and O–H groups in total. The summed E-state index contributed by atoms with van der Waals surface area (Å²) in [5, 5.41) is 3.60. The van der Waals surface area contributed by atoms with Crippen LogP contribution in [0.1, 0.15) is 39.0 Å². The van der Waals surface area contributed by atoms with Crippen LogP contribution in [0.4, 0.5) is 0 Å². The zero-order valence-corrected chi connectivity index (χ0v) is 6.82. The SMILES string of the molecule is CC12CCCCC1NCC2. The quantitative estimate of drug-likeness (QED) is 0.540. The number of rotatable bonds is 0. The highest BCUT2D eigenvalue weighted by atomic mass is 15.0. The standard InChI is InChI=1S/C9H17N/c1-9-5-3-2-4-8(9)10-7-6-9/h8,10H,2-7H2,1H3. The molecule has 1 nitrogen and oxygen atoms in total. The van der Waals surface area contributed by atoms with Crippen LogP contribution in [0.25, 0.3) is 0 Å². The average Bonchev–Trinajstić information content (AvgIpc) is 2.29.